The van der Waals surface area contributed by atoms with Crippen molar-refractivity contribution in [3.63, 3.8) is 0 Å². The van der Waals surface area contributed by atoms with Crippen LogP contribution in [0.2, 0.25) is 5.02 Å². The van der Waals surface area contributed by atoms with Gasteiger partial charge in [0.25, 0.3) is 5.91 Å². The van der Waals surface area contributed by atoms with Crippen molar-refractivity contribution < 1.29 is 14.7 Å². The standard InChI is InChI=1S/C16H14ClNO3/c1-18(10-11-5-7-14(17)8-6-11)15(19)12-3-2-4-13(9-12)16(20)21/h2-9H,10H2,1H3,(H,20,21). The molecule has 2 aromatic rings. The van der Waals surface area contributed by atoms with Crippen molar-refractivity contribution in [3.8, 4) is 0 Å². The molecule has 0 radical (unpaired) electrons. The van der Waals surface area contributed by atoms with Crippen molar-refractivity contribution in [2.45, 2.75) is 6.54 Å². The normalized spacial score (nSPS) is 10.2. The van der Waals surface area contributed by atoms with Crippen molar-refractivity contribution in [1.82, 2.24) is 4.90 Å². The van der Waals surface area contributed by atoms with Gasteiger partial charge < -0.3 is 10.0 Å². The van der Waals surface area contributed by atoms with Crippen LogP contribution < -0.4 is 0 Å². The molecule has 2 aromatic carbocycles. The zero-order valence-electron chi connectivity index (χ0n) is 11.4. The third-order valence-corrected chi connectivity index (χ3v) is 3.29. The average Bonchev–Trinajstić information content (AvgIpc) is 2.49. The van der Waals surface area contributed by atoms with Gasteiger partial charge in [-0.1, -0.05) is 29.8 Å². The molecule has 0 atom stereocenters. The maximum atomic E-state index is 12.3. The summed E-state index contributed by atoms with van der Waals surface area (Å²) in [7, 11) is 1.67. The van der Waals surface area contributed by atoms with Gasteiger partial charge in [-0.2, -0.15) is 0 Å². The van der Waals surface area contributed by atoms with Crippen LogP contribution in [0.4, 0.5) is 0 Å². The molecule has 0 spiro atoms. The predicted molar refractivity (Wildman–Crippen MR) is 80.7 cm³/mol. The van der Waals surface area contributed by atoms with Gasteiger partial charge in [-0.05, 0) is 35.9 Å². The van der Waals surface area contributed by atoms with Gasteiger partial charge >= 0.3 is 5.97 Å². The van der Waals surface area contributed by atoms with E-state index in [4.69, 9.17) is 16.7 Å². The Kier molecular flexibility index (Phi) is 4.60. The Labute approximate surface area is 127 Å². The van der Waals surface area contributed by atoms with Crippen molar-refractivity contribution in [3.05, 3.63) is 70.2 Å². The monoisotopic (exact) mass is 303 g/mol. The molecule has 2 rings (SSSR count). The minimum atomic E-state index is -1.05. The quantitative estimate of drug-likeness (QED) is 0.942. The fourth-order valence-corrected chi connectivity index (χ4v) is 2.07. The van der Waals surface area contributed by atoms with Gasteiger partial charge in [0.05, 0.1) is 5.56 Å². The molecule has 0 saturated heterocycles. The van der Waals surface area contributed by atoms with Gasteiger partial charge in [0.1, 0.15) is 0 Å². The Balaban J connectivity index is 2.13. The molecule has 1 N–H and O–H groups in total. The van der Waals surface area contributed by atoms with Crippen molar-refractivity contribution in [2.75, 3.05) is 7.05 Å². The van der Waals surface area contributed by atoms with Crippen LogP contribution in [0.5, 0.6) is 0 Å². The van der Waals surface area contributed by atoms with Crippen LogP contribution in [-0.4, -0.2) is 28.9 Å². The second-order valence-corrected chi connectivity index (χ2v) is 5.11. The SMILES string of the molecule is CN(Cc1ccc(Cl)cc1)C(=O)c1cccc(C(=O)O)c1. The molecule has 0 bridgehead atoms. The number of halogens is 1. The number of aromatic carboxylic acids is 1. The highest BCUT2D eigenvalue weighted by Gasteiger charge is 2.14. The number of nitrogens with zero attached hydrogens (tertiary/aromatic N) is 1. The van der Waals surface area contributed by atoms with Crippen molar-refractivity contribution >= 4 is 23.5 Å². The molecule has 4 nitrogen and oxygen atoms in total. The van der Waals surface area contributed by atoms with Crippen LogP contribution in [0.15, 0.2) is 48.5 Å². The lowest BCUT2D eigenvalue weighted by atomic mass is 10.1. The van der Waals surface area contributed by atoms with E-state index in [0.717, 1.165) is 5.56 Å². The van der Waals surface area contributed by atoms with Gasteiger partial charge in [0, 0.05) is 24.2 Å². The van der Waals surface area contributed by atoms with Crippen LogP contribution >= 0.6 is 11.6 Å². The zero-order chi connectivity index (χ0) is 15.4. The summed E-state index contributed by atoms with van der Waals surface area (Å²) in [6, 6.07) is 13.2. The summed E-state index contributed by atoms with van der Waals surface area (Å²) in [5, 5.41) is 9.59. The van der Waals surface area contributed by atoms with E-state index in [1.807, 2.05) is 12.1 Å². The molecule has 0 aromatic heterocycles. The van der Waals surface area contributed by atoms with Crippen LogP contribution in [-0.2, 0) is 6.54 Å². The number of rotatable bonds is 4. The van der Waals surface area contributed by atoms with E-state index in [2.05, 4.69) is 0 Å². The highest BCUT2D eigenvalue weighted by atomic mass is 35.5. The lowest BCUT2D eigenvalue weighted by molar-refractivity contribution is 0.0697. The van der Waals surface area contributed by atoms with E-state index < -0.39 is 5.97 Å². The molecule has 21 heavy (non-hydrogen) atoms. The Morgan fingerprint density at radius 1 is 1.10 bits per heavy atom. The average molecular weight is 304 g/mol. The lowest BCUT2D eigenvalue weighted by Crippen LogP contribution is -2.26. The third-order valence-electron chi connectivity index (χ3n) is 3.04. The smallest absolute Gasteiger partial charge is 0.335 e. The van der Waals surface area contributed by atoms with Crippen LogP contribution in [0.25, 0.3) is 0 Å². The maximum Gasteiger partial charge on any atom is 0.335 e. The number of hydrogen-bond donors (Lipinski definition) is 1. The minimum Gasteiger partial charge on any atom is -0.478 e. The molecule has 0 aliphatic heterocycles. The van der Waals surface area contributed by atoms with Crippen LogP contribution in [0.1, 0.15) is 26.3 Å². The van der Waals surface area contributed by atoms with E-state index in [1.165, 1.54) is 17.0 Å². The van der Waals surface area contributed by atoms with Gasteiger partial charge in [0.15, 0.2) is 0 Å². The van der Waals surface area contributed by atoms with Crippen LogP contribution in [0.3, 0.4) is 0 Å². The third kappa shape index (κ3) is 3.83. The summed E-state index contributed by atoms with van der Waals surface area (Å²) >= 11 is 5.82. The highest BCUT2D eigenvalue weighted by Crippen LogP contribution is 2.13. The highest BCUT2D eigenvalue weighted by molar-refractivity contribution is 6.30. The summed E-state index contributed by atoms with van der Waals surface area (Å²) in [6.45, 7) is 0.424. The first-order valence-electron chi connectivity index (χ1n) is 6.30. The second-order valence-electron chi connectivity index (χ2n) is 4.67. The van der Waals surface area contributed by atoms with Crippen molar-refractivity contribution in [1.29, 1.82) is 0 Å². The molecule has 1 amide bonds. The van der Waals surface area contributed by atoms with Crippen molar-refractivity contribution in [2.24, 2.45) is 0 Å². The Bertz CT molecular complexity index is 667. The number of hydrogen-bond acceptors (Lipinski definition) is 2. The van der Waals surface area contributed by atoms with E-state index in [0.29, 0.717) is 17.1 Å². The summed E-state index contributed by atoms with van der Waals surface area (Å²) in [5.74, 6) is -1.28. The first-order chi connectivity index (χ1) is 9.97. The molecule has 0 fully saturated rings. The number of amides is 1. The molecule has 0 saturated carbocycles. The van der Waals surface area contributed by atoms with E-state index in [1.54, 1.807) is 31.3 Å². The maximum absolute atomic E-state index is 12.3. The lowest BCUT2D eigenvalue weighted by Gasteiger charge is -2.17. The molecule has 0 aliphatic rings. The van der Waals surface area contributed by atoms with Crippen LogP contribution in [0, 0.1) is 0 Å². The minimum absolute atomic E-state index is 0.0979. The second kappa shape index (κ2) is 6.41. The molecule has 0 unspecified atom stereocenters. The Morgan fingerprint density at radius 3 is 2.33 bits per heavy atom. The molecule has 0 heterocycles. The molecule has 108 valence electrons. The van der Waals surface area contributed by atoms with Gasteiger partial charge in [-0.3, -0.25) is 4.79 Å². The summed E-state index contributed by atoms with van der Waals surface area (Å²) < 4.78 is 0. The first-order valence-corrected chi connectivity index (χ1v) is 6.68. The number of carbonyl (C=O) groups excluding carboxylic acids is 1. The summed E-state index contributed by atoms with van der Waals surface area (Å²) in [4.78, 5) is 24.8. The number of carboxylic acid groups (broad SMARTS) is 1. The number of benzene rings is 2. The molecule has 0 aliphatic carbocycles. The fourth-order valence-electron chi connectivity index (χ4n) is 1.94. The first kappa shape index (κ1) is 15.1. The zero-order valence-corrected chi connectivity index (χ0v) is 12.2. The fraction of sp³-hybridized carbons (Fsp3) is 0.125. The summed E-state index contributed by atoms with van der Waals surface area (Å²) in [6.07, 6.45) is 0. The predicted octanol–water partition coefficient (Wildman–Crippen LogP) is 3.31. The Hall–Kier alpha value is -2.33. The van der Waals surface area contributed by atoms with E-state index >= 15 is 0 Å². The van der Waals surface area contributed by atoms with Gasteiger partial charge in [-0.25, -0.2) is 4.79 Å². The number of carbonyl (C=O) groups is 2. The van der Waals surface area contributed by atoms with E-state index in [-0.39, 0.29) is 11.5 Å². The number of carboxylic acids is 1. The molecular weight excluding hydrogens is 290 g/mol. The summed E-state index contributed by atoms with van der Waals surface area (Å²) in [5.41, 5.74) is 1.40. The van der Waals surface area contributed by atoms with Gasteiger partial charge in [-0.15, -0.1) is 0 Å². The van der Waals surface area contributed by atoms with E-state index in [9.17, 15) is 9.59 Å². The molecule has 5 heteroatoms. The van der Waals surface area contributed by atoms with Gasteiger partial charge in [0.2, 0.25) is 0 Å². The molecular formula is C16H14ClNO3. The topological polar surface area (TPSA) is 57.6 Å². The Morgan fingerprint density at radius 2 is 1.71 bits per heavy atom. The largest absolute Gasteiger partial charge is 0.478 e.